The number of hydrogen-bond acceptors (Lipinski definition) is 3. The van der Waals surface area contributed by atoms with E-state index in [-0.39, 0.29) is 6.04 Å². The van der Waals surface area contributed by atoms with E-state index < -0.39 is 0 Å². The molecule has 2 N–H and O–H groups in total. The standard InChI is InChI=1S/C14H21N3O/c1-5-12-10(3)16-17(11(12)4)13(8-15)14-7-6-9(2)18-14/h6-7,13H,5,8,15H2,1-4H3. The van der Waals surface area contributed by atoms with Gasteiger partial charge in [0.15, 0.2) is 0 Å². The summed E-state index contributed by atoms with van der Waals surface area (Å²) < 4.78 is 7.68. The molecule has 0 fully saturated rings. The molecule has 2 aromatic heterocycles. The van der Waals surface area contributed by atoms with Crippen molar-refractivity contribution in [1.82, 2.24) is 9.78 Å². The summed E-state index contributed by atoms with van der Waals surface area (Å²) in [6, 6.07) is 3.93. The van der Waals surface area contributed by atoms with E-state index in [1.54, 1.807) is 0 Å². The SMILES string of the molecule is CCc1c(C)nn(C(CN)c2ccc(C)o2)c1C. The molecule has 0 aliphatic carbocycles. The van der Waals surface area contributed by atoms with Crippen LogP contribution >= 0.6 is 0 Å². The molecule has 1 unspecified atom stereocenters. The molecule has 18 heavy (non-hydrogen) atoms. The monoisotopic (exact) mass is 247 g/mol. The van der Waals surface area contributed by atoms with Gasteiger partial charge in [0, 0.05) is 12.2 Å². The van der Waals surface area contributed by atoms with Crippen molar-refractivity contribution in [3.63, 3.8) is 0 Å². The topological polar surface area (TPSA) is 57.0 Å². The Morgan fingerprint density at radius 2 is 2.06 bits per heavy atom. The third-order valence-electron chi connectivity index (χ3n) is 3.44. The maximum atomic E-state index is 5.89. The second kappa shape index (κ2) is 4.98. The Morgan fingerprint density at radius 1 is 1.33 bits per heavy atom. The zero-order chi connectivity index (χ0) is 13.3. The summed E-state index contributed by atoms with van der Waals surface area (Å²) in [5.41, 5.74) is 9.46. The Hall–Kier alpha value is -1.55. The van der Waals surface area contributed by atoms with Gasteiger partial charge in [-0.1, -0.05) is 6.92 Å². The van der Waals surface area contributed by atoms with Gasteiger partial charge in [0.05, 0.1) is 5.69 Å². The predicted octanol–water partition coefficient (Wildman–Crippen LogP) is 2.51. The average molecular weight is 247 g/mol. The van der Waals surface area contributed by atoms with Gasteiger partial charge >= 0.3 is 0 Å². The van der Waals surface area contributed by atoms with Crippen LogP contribution in [0.4, 0.5) is 0 Å². The fraction of sp³-hybridized carbons (Fsp3) is 0.500. The number of nitrogens with zero attached hydrogens (tertiary/aromatic N) is 2. The van der Waals surface area contributed by atoms with E-state index in [0.29, 0.717) is 6.54 Å². The highest BCUT2D eigenvalue weighted by atomic mass is 16.3. The molecule has 0 spiro atoms. The predicted molar refractivity (Wildman–Crippen MR) is 71.7 cm³/mol. The summed E-state index contributed by atoms with van der Waals surface area (Å²) in [5, 5.41) is 4.61. The molecule has 0 amide bonds. The first-order valence-electron chi connectivity index (χ1n) is 6.39. The molecule has 1 atom stereocenters. The van der Waals surface area contributed by atoms with E-state index >= 15 is 0 Å². The number of aromatic nitrogens is 2. The minimum atomic E-state index is -0.0160. The van der Waals surface area contributed by atoms with Crippen molar-refractivity contribution in [3.8, 4) is 0 Å². The second-order valence-corrected chi connectivity index (χ2v) is 4.65. The number of furan rings is 1. The fourth-order valence-corrected chi connectivity index (χ4v) is 2.48. The first kappa shape index (κ1) is 12.9. The van der Waals surface area contributed by atoms with Gasteiger partial charge in [-0.3, -0.25) is 4.68 Å². The van der Waals surface area contributed by atoms with Gasteiger partial charge in [-0.05, 0) is 44.9 Å². The number of hydrogen-bond donors (Lipinski definition) is 1. The lowest BCUT2D eigenvalue weighted by atomic mass is 10.1. The zero-order valence-electron chi connectivity index (χ0n) is 11.5. The highest BCUT2D eigenvalue weighted by Crippen LogP contribution is 2.24. The van der Waals surface area contributed by atoms with E-state index in [0.717, 1.165) is 23.6 Å². The van der Waals surface area contributed by atoms with Gasteiger partial charge < -0.3 is 10.2 Å². The smallest absolute Gasteiger partial charge is 0.130 e. The van der Waals surface area contributed by atoms with Crippen LogP contribution in [0, 0.1) is 20.8 Å². The molecule has 0 radical (unpaired) electrons. The molecule has 2 heterocycles. The quantitative estimate of drug-likeness (QED) is 0.903. The molecular formula is C14H21N3O. The van der Waals surface area contributed by atoms with Crippen LogP contribution in [-0.4, -0.2) is 16.3 Å². The number of nitrogens with two attached hydrogens (primary N) is 1. The van der Waals surface area contributed by atoms with Gasteiger partial charge in [0.2, 0.25) is 0 Å². The minimum Gasteiger partial charge on any atom is -0.464 e. The fourth-order valence-electron chi connectivity index (χ4n) is 2.48. The van der Waals surface area contributed by atoms with Crippen molar-refractivity contribution in [1.29, 1.82) is 0 Å². The summed E-state index contributed by atoms with van der Waals surface area (Å²) in [6.45, 7) is 8.71. The summed E-state index contributed by atoms with van der Waals surface area (Å²) in [5.74, 6) is 1.78. The molecule has 4 heteroatoms. The van der Waals surface area contributed by atoms with Crippen molar-refractivity contribution in [2.75, 3.05) is 6.54 Å². The molecule has 0 aromatic carbocycles. The molecule has 0 bridgehead atoms. The lowest BCUT2D eigenvalue weighted by molar-refractivity contribution is 0.393. The largest absolute Gasteiger partial charge is 0.464 e. The Bertz CT molecular complexity index is 539. The molecule has 0 aliphatic rings. The van der Waals surface area contributed by atoms with Gasteiger partial charge in [-0.2, -0.15) is 5.10 Å². The van der Waals surface area contributed by atoms with Crippen LogP contribution < -0.4 is 5.73 Å². The third kappa shape index (κ3) is 2.08. The summed E-state index contributed by atoms with van der Waals surface area (Å²) in [6.07, 6.45) is 0.992. The van der Waals surface area contributed by atoms with Crippen molar-refractivity contribution in [3.05, 3.63) is 40.6 Å². The minimum absolute atomic E-state index is 0.0160. The highest BCUT2D eigenvalue weighted by Gasteiger charge is 2.21. The molecule has 0 saturated heterocycles. The van der Waals surface area contributed by atoms with Crippen LogP contribution in [0.25, 0.3) is 0 Å². The van der Waals surface area contributed by atoms with E-state index in [4.69, 9.17) is 10.2 Å². The van der Waals surface area contributed by atoms with Crippen LogP contribution in [-0.2, 0) is 6.42 Å². The van der Waals surface area contributed by atoms with Crippen LogP contribution in [0.3, 0.4) is 0 Å². The van der Waals surface area contributed by atoms with Gasteiger partial charge in [0.1, 0.15) is 17.6 Å². The second-order valence-electron chi connectivity index (χ2n) is 4.65. The Morgan fingerprint density at radius 3 is 2.50 bits per heavy atom. The van der Waals surface area contributed by atoms with E-state index in [1.165, 1.54) is 11.3 Å². The first-order valence-corrected chi connectivity index (χ1v) is 6.39. The van der Waals surface area contributed by atoms with Crippen molar-refractivity contribution < 1.29 is 4.42 Å². The third-order valence-corrected chi connectivity index (χ3v) is 3.44. The molecular weight excluding hydrogens is 226 g/mol. The van der Waals surface area contributed by atoms with Crippen molar-refractivity contribution >= 4 is 0 Å². The molecule has 4 nitrogen and oxygen atoms in total. The van der Waals surface area contributed by atoms with E-state index in [1.807, 2.05) is 30.7 Å². The summed E-state index contributed by atoms with van der Waals surface area (Å²) in [7, 11) is 0. The molecule has 2 aromatic rings. The molecule has 0 aliphatic heterocycles. The Labute approximate surface area is 108 Å². The summed E-state index contributed by atoms with van der Waals surface area (Å²) >= 11 is 0. The van der Waals surface area contributed by atoms with E-state index in [9.17, 15) is 0 Å². The lowest BCUT2D eigenvalue weighted by Crippen LogP contribution is -2.22. The lowest BCUT2D eigenvalue weighted by Gasteiger charge is -2.15. The average Bonchev–Trinajstić information content (AvgIpc) is 2.86. The summed E-state index contributed by atoms with van der Waals surface area (Å²) in [4.78, 5) is 0. The molecule has 2 rings (SSSR count). The normalized spacial score (nSPS) is 12.9. The van der Waals surface area contributed by atoms with Crippen LogP contribution in [0.1, 0.15) is 41.4 Å². The van der Waals surface area contributed by atoms with Gasteiger partial charge in [0.25, 0.3) is 0 Å². The van der Waals surface area contributed by atoms with E-state index in [2.05, 4.69) is 18.9 Å². The Kier molecular flexibility index (Phi) is 3.57. The van der Waals surface area contributed by atoms with Gasteiger partial charge in [-0.15, -0.1) is 0 Å². The van der Waals surface area contributed by atoms with Gasteiger partial charge in [-0.25, -0.2) is 0 Å². The molecule has 98 valence electrons. The van der Waals surface area contributed by atoms with Crippen LogP contribution in [0.2, 0.25) is 0 Å². The van der Waals surface area contributed by atoms with Crippen molar-refractivity contribution in [2.45, 2.75) is 40.2 Å². The first-order chi connectivity index (χ1) is 8.58. The highest BCUT2D eigenvalue weighted by molar-refractivity contribution is 5.26. The van der Waals surface area contributed by atoms with Crippen LogP contribution in [0.15, 0.2) is 16.5 Å². The van der Waals surface area contributed by atoms with Crippen molar-refractivity contribution in [2.24, 2.45) is 5.73 Å². The zero-order valence-corrected chi connectivity index (χ0v) is 11.5. The Balaban J connectivity index is 2.45. The van der Waals surface area contributed by atoms with Crippen LogP contribution in [0.5, 0.6) is 0 Å². The maximum absolute atomic E-state index is 5.89. The maximum Gasteiger partial charge on any atom is 0.130 e. The number of rotatable bonds is 4. The molecule has 0 saturated carbocycles. The number of aryl methyl sites for hydroxylation is 2.